The minimum atomic E-state index is -2.96. The SMILES string of the molecule is C.C.C.C.C.C=CCC(=O)OC(C)C.CC(C)C.CC(C)C1CCCCC1.CC(C)CCCC(C)C.CC(C)CCS(=O)(=O)N(C)C.CC(C)O.CC(C)c1ccccc1.CCC(C)C.CCCC(C)CC(C)C.COC(C)C. The Kier molecular flexibility index (Phi) is 105. The van der Waals surface area contributed by atoms with E-state index in [1.165, 1.54) is 93.0 Å². The lowest BCUT2D eigenvalue weighted by Gasteiger charge is -2.24. The summed E-state index contributed by atoms with van der Waals surface area (Å²) in [6.45, 7) is 59.2. The number of aliphatic hydroxyl groups is 1. The molecule has 1 unspecified atom stereocenters. The predicted octanol–water partition coefficient (Wildman–Crippen LogP) is 23.7. The van der Waals surface area contributed by atoms with Crippen molar-refractivity contribution in [2.75, 3.05) is 27.0 Å². The molecule has 1 saturated carbocycles. The van der Waals surface area contributed by atoms with Crippen molar-refractivity contribution in [3.63, 3.8) is 0 Å². The first-order chi connectivity index (χ1) is 33.9. The maximum atomic E-state index is 11.2. The van der Waals surface area contributed by atoms with Gasteiger partial charge in [0.15, 0.2) is 0 Å². The number of carbonyl (C=O) groups is 1. The van der Waals surface area contributed by atoms with Crippen molar-refractivity contribution in [3.8, 4) is 0 Å². The van der Waals surface area contributed by atoms with Crippen molar-refractivity contribution >= 4 is 16.0 Å². The number of methoxy groups -OCH3 is 1. The summed E-state index contributed by atoms with van der Waals surface area (Å²) in [5, 5.41) is 8.06. The van der Waals surface area contributed by atoms with Crippen LogP contribution < -0.4 is 0 Å². The molecule has 1 aromatic carbocycles. The molecule has 1 aromatic rings. The number of ether oxygens (including phenoxy) is 2. The normalized spacial score (nSPS) is 11.7. The minimum absolute atomic E-state index is 0. The van der Waals surface area contributed by atoms with Crippen molar-refractivity contribution in [3.05, 3.63) is 48.6 Å². The Morgan fingerprint density at radius 1 is 0.633 bits per heavy atom. The van der Waals surface area contributed by atoms with Crippen LogP contribution in [0.15, 0.2) is 43.0 Å². The van der Waals surface area contributed by atoms with E-state index < -0.39 is 10.0 Å². The second-order valence-corrected chi connectivity index (χ2v) is 27.0. The number of nitrogens with zero attached hydrogens (tertiary/aromatic N) is 1. The first kappa shape index (κ1) is 109. The Hall–Kier alpha value is -1.74. The molecule has 1 fully saturated rings. The van der Waals surface area contributed by atoms with Crippen LogP contribution in [0.4, 0.5) is 0 Å². The van der Waals surface area contributed by atoms with Crippen LogP contribution in [0.25, 0.3) is 0 Å². The lowest BCUT2D eigenvalue weighted by molar-refractivity contribution is -0.146. The molecule has 0 aliphatic heterocycles. The highest BCUT2D eigenvalue weighted by molar-refractivity contribution is 7.89. The minimum Gasteiger partial charge on any atom is -0.463 e. The molecule has 0 bridgehead atoms. The van der Waals surface area contributed by atoms with Crippen LogP contribution >= 0.6 is 0 Å². The molecule has 0 heterocycles. The standard InChI is InChI=1S/C9H18.C9H12.2C9H20.C7H17NO2S.C7H12O2.C5H12.C4H10O.C4H10.C3H8O.5CH4/c2*1-8(2)9-6-4-3-5-7-9;1-8(2)6-5-7-9(3)4;1-5-6-9(4)7-8(2)3;1-7(2)5-6-11(9,10)8(3)4;1-4-5-7(8)9-6(2)3;1-4-5(2)3;1-4(2)5-3;1-4(2)3;1-3(2)4;;;;;/h8-9H,3-7H2,1-2H3;3-8H,1-2H3;2*8-9H,5-7H2,1-4H3;7H,5-6H2,1-4H3;4,6H,1,5H2,2-3H3;5H,4H2,1-3H3;4H,1-3H3;4H,1-3H3;3-4H,1-2H3;5*1H4. The van der Waals surface area contributed by atoms with E-state index in [1.807, 2.05) is 47.6 Å². The van der Waals surface area contributed by atoms with Crippen LogP contribution in [0.1, 0.15) is 319 Å². The van der Waals surface area contributed by atoms with Crippen LogP contribution in [-0.2, 0) is 24.3 Å². The molecule has 0 radical (unpaired) electrons. The molecule has 490 valence electrons. The third kappa shape index (κ3) is 124. The molecular formula is C71H159NO6S. The third-order valence-electron chi connectivity index (χ3n) is 10.8. The number of sulfonamides is 1. The molecular weight excluding hydrogens is 995 g/mol. The Labute approximate surface area is 505 Å². The maximum Gasteiger partial charge on any atom is 0.309 e. The Bertz CT molecular complexity index is 1280. The Morgan fingerprint density at radius 3 is 1.22 bits per heavy atom. The van der Waals surface area contributed by atoms with E-state index in [4.69, 9.17) is 14.6 Å². The van der Waals surface area contributed by atoms with Gasteiger partial charge in [0.05, 0.1) is 24.4 Å². The number of aliphatic hydroxyl groups excluding tert-OH is 1. The van der Waals surface area contributed by atoms with Gasteiger partial charge in [-0.1, -0.05) is 283 Å². The fourth-order valence-corrected chi connectivity index (χ4v) is 7.12. The summed E-state index contributed by atoms with van der Waals surface area (Å²) in [5.74, 6) is 8.47. The van der Waals surface area contributed by atoms with E-state index in [0.29, 0.717) is 24.4 Å². The van der Waals surface area contributed by atoms with Crippen LogP contribution in [0.2, 0.25) is 0 Å². The highest BCUT2D eigenvalue weighted by Gasteiger charge is 2.16. The summed E-state index contributed by atoms with van der Waals surface area (Å²) in [4.78, 5) is 10.6. The molecule has 1 atom stereocenters. The smallest absolute Gasteiger partial charge is 0.309 e. The largest absolute Gasteiger partial charge is 0.463 e. The monoisotopic (exact) mass is 1150 g/mol. The summed E-state index contributed by atoms with van der Waals surface area (Å²) < 4.78 is 33.1. The number of hydrogen-bond donors (Lipinski definition) is 1. The molecule has 1 aliphatic carbocycles. The van der Waals surface area contributed by atoms with E-state index in [1.54, 1.807) is 35.1 Å². The van der Waals surface area contributed by atoms with E-state index in [9.17, 15) is 13.2 Å². The molecule has 79 heavy (non-hydrogen) atoms. The Morgan fingerprint density at radius 2 is 1.00 bits per heavy atom. The predicted molar refractivity (Wildman–Crippen MR) is 371 cm³/mol. The van der Waals surface area contributed by atoms with Crippen LogP contribution in [0.5, 0.6) is 0 Å². The van der Waals surface area contributed by atoms with E-state index in [0.717, 1.165) is 53.8 Å². The fraction of sp³-hybridized carbons (Fsp3) is 0.873. The molecule has 7 nitrogen and oxygen atoms in total. The average molecular weight is 1160 g/mol. The van der Waals surface area contributed by atoms with Gasteiger partial charge in [-0.25, -0.2) is 12.7 Å². The molecule has 0 amide bonds. The molecule has 0 aromatic heterocycles. The van der Waals surface area contributed by atoms with Gasteiger partial charge in [-0.2, -0.15) is 0 Å². The van der Waals surface area contributed by atoms with E-state index in [-0.39, 0.29) is 61.1 Å². The zero-order chi connectivity index (χ0) is 60.0. The zero-order valence-electron chi connectivity index (χ0n) is 55.6. The number of carbonyl (C=O) groups excluding carboxylic acids is 1. The molecule has 1 aliphatic rings. The summed E-state index contributed by atoms with van der Waals surface area (Å²) in [6.07, 6.45) is 19.9. The van der Waals surface area contributed by atoms with E-state index in [2.05, 4.69) is 155 Å². The summed E-state index contributed by atoms with van der Waals surface area (Å²) >= 11 is 0. The first-order valence-electron chi connectivity index (χ1n) is 29.9. The number of esters is 1. The number of benzene rings is 1. The molecule has 0 saturated heterocycles. The van der Waals surface area contributed by atoms with Crippen LogP contribution in [0.3, 0.4) is 0 Å². The zero-order valence-corrected chi connectivity index (χ0v) is 56.4. The lowest BCUT2D eigenvalue weighted by atomic mass is 9.82. The van der Waals surface area contributed by atoms with Gasteiger partial charge in [-0.3, -0.25) is 4.79 Å². The number of rotatable bonds is 19. The highest BCUT2D eigenvalue weighted by Crippen LogP contribution is 2.29. The maximum absolute atomic E-state index is 11.2. The first-order valence-corrected chi connectivity index (χ1v) is 31.5. The summed E-state index contributed by atoms with van der Waals surface area (Å²) in [6, 6.07) is 10.5. The second kappa shape index (κ2) is 76.3. The molecule has 2 rings (SSSR count). The second-order valence-electron chi connectivity index (χ2n) is 24.7. The van der Waals surface area contributed by atoms with Crippen molar-refractivity contribution in [1.82, 2.24) is 4.31 Å². The van der Waals surface area contributed by atoms with Gasteiger partial charge in [0.25, 0.3) is 0 Å². The van der Waals surface area contributed by atoms with E-state index >= 15 is 0 Å². The van der Waals surface area contributed by atoms with Crippen LogP contribution in [-0.4, -0.2) is 69.1 Å². The fourth-order valence-electron chi connectivity index (χ4n) is 5.98. The van der Waals surface area contributed by atoms with Crippen LogP contribution in [0, 0.1) is 53.3 Å². The Balaban J connectivity index is -0.0000000561. The highest BCUT2D eigenvalue weighted by atomic mass is 32.2. The van der Waals surface area contributed by atoms with Gasteiger partial charge < -0.3 is 14.6 Å². The number of hydrogen-bond acceptors (Lipinski definition) is 6. The molecule has 0 spiro atoms. The van der Waals surface area contributed by atoms with Gasteiger partial charge in [0, 0.05) is 27.3 Å². The van der Waals surface area contributed by atoms with Crippen molar-refractivity contribution in [2.24, 2.45) is 53.3 Å². The molecule has 1 N–H and O–H groups in total. The summed E-state index contributed by atoms with van der Waals surface area (Å²) in [7, 11) is 1.87. The molecule has 8 heteroatoms. The van der Waals surface area contributed by atoms with Crippen molar-refractivity contribution < 1.29 is 27.8 Å². The van der Waals surface area contributed by atoms with Gasteiger partial charge in [0.1, 0.15) is 0 Å². The van der Waals surface area contributed by atoms with Gasteiger partial charge in [0.2, 0.25) is 10.0 Å². The van der Waals surface area contributed by atoms with Crippen molar-refractivity contribution in [1.29, 1.82) is 0 Å². The van der Waals surface area contributed by atoms with Gasteiger partial charge >= 0.3 is 5.97 Å². The average Bonchev–Trinajstić information content (AvgIpc) is 3.27. The summed E-state index contributed by atoms with van der Waals surface area (Å²) in [5.41, 5.74) is 1.41. The quantitative estimate of drug-likeness (QED) is 0.110. The van der Waals surface area contributed by atoms with Gasteiger partial charge in [-0.15, -0.1) is 6.58 Å². The lowest BCUT2D eigenvalue weighted by Crippen LogP contribution is -2.25. The van der Waals surface area contributed by atoms with Crippen molar-refractivity contribution in [2.45, 2.75) is 331 Å². The topological polar surface area (TPSA) is 93.1 Å². The van der Waals surface area contributed by atoms with Gasteiger partial charge in [-0.05, 0) is 119 Å². The third-order valence-corrected chi connectivity index (χ3v) is 12.6.